The maximum atomic E-state index is 12.5. The zero-order valence-corrected chi connectivity index (χ0v) is 23.6. The van der Waals surface area contributed by atoms with E-state index in [0.717, 1.165) is 59.0 Å². The molecule has 206 valence electrons. The molecule has 10 heteroatoms. The van der Waals surface area contributed by atoms with E-state index in [-0.39, 0.29) is 29.8 Å². The second kappa shape index (κ2) is 10.9. The highest BCUT2D eigenvalue weighted by atomic mass is 32.2. The van der Waals surface area contributed by atoms with Gasteiger partial charge in [0.25, 0.3) is 5.56 Å². The van der Waals surface area contributed by atoms with Crippen LogP contribution in [0.2, 0.25) is 0 Å². The Morgan fingerprint density at radius 1 is 0.923 bits per heavy atom. The largest absolute Gasteiger partial charge is 0.481 e. The maximum absolute atomic E-state index is 12.5. The molecule has 0 bridgehead atoms. The Labute approximate surface area is 232 Å². The van der Waals surface area contributed by atoms with Gasteiger partial charge in [0, 0.05) is 68.2 Å². The zero-order valence-electron chi connectivity index (χ0n) is 22.8. The average Bonchev–Trinajstić information content (AvgIpc) is 2.90. The van der Waals surface area contributed by atoms with E-state index in [0.29, 0.717) is 5.82 Å². The Bertz CT molecular complexity index is 1500. The number of rotatable bonds is 7. The van der Waals surface area contributed by atoms with Gasteiger partial charge in [0.15, 0.2) is 0 Å². The third kappa shape index (κ3) is 5.35. The summed E-state index contributed by atoms with van der Waals surface area (Å²) >= 11 is 1.73. The summed E-state index contributed by atoms with van der Waals surface area (Å²) < 4.78 is 2.69. The zero-order chi connectivity index (χ0) is 27.8. The standard InChI is InChI=1S/C29H35N5O4S/c1-19-17-32(26-16-27(35)31(4)29(38)30(26)3)18-20(2)33(19)12-7-13-34-22-8-5-6-9-24(22)39-25-11-10-21(14-23(25)34)15-28(36)37/h5-6,8-11,14,16,19-20H,7,12-13,15,17-18H2,1-4H3,(H,36,37)/t19-,20+. The second-order valence-electron chi connectivity index (χ2n) is 10.5. The number of aromatic nitrogens is 2. The number of para-hydroxylation sites is 1. The number of fused-ring (bicyclic) bond motifs is 2. The predicted octanol–water partition coefficient (Wildman–Crippen LogP) is 3.30. The molecule has 2 aliphatic heterocycles. The van der Waals surface area contributed by atoms with E-state index in [1.165, 1.54) is 11.9 Å². The quantitative estimate of drug-likeness (QED) is 0.480. The SMILES string of the molecule is C[C@@H]1CN(c2cc(=O)n(C)c(=O)n2C)C[C@H](C)N1CCCN1c2ccccc2Sc2ccc(CC(=O)O)cc21. The highest BCUT2D eigenvalue weighted by molar-refractivity contribution is 7.99. The van der Waals surface area contributed by atoms with Gasteiger partial charge in [-0.2, -0.15) is 0 Å². The van der Waals surface area contributed by atoms with Crippen LogP contribution in [0.15, 0.2) is 67.9 Å². The number of hydrogen-bond donors (Lipinski definition) is 1. The van der Waals surface area contributed by atoms with Crippen LogP contribution < -0.4 is 21.0 Å². The van der Waals surface area contributed by atoms with Crippen molar-refractivity contribution >= 4 is 34.9 Å². The average molecular weight is 550 g/mol. The molecular weight excluding hydrogens is 514 g/mol. The first-order chi connectivity index (χ1) is 18.6. The van der Waals surface area contributed by atoms with Crippen LogP contribution in [0.25, 0.3) is 0 Å². The first kappa shape index (κ1) is 27.1. The summed E-state index contributed by atoms with van der Waals surface area (Å²) in [5.41, 5.74) is 2.42. The van der Waals surface area contributed by atoms with E-state index in [1.54, 1.807) is 29.4 Å². The Morgan fingerprint density at radius 2 is 1.62 bits per heavy atom. The Hall–Kier alpha value is -3.50. The van der Waals surface area contributed by atoms with Crippen LogP contribution in [-0.2, 0) is 25.3 Å². The van der Waals surface area contributed by atoms with Crippen LogP contribution in [0, 0.1) is 0 Å². The van der Waals surface area contributed by atoms with Gasteiger partial charge >= 0.3 is 11.7 Å². The summed E-state index contributed by atoms with van der Waals surface area (Å²) in [6.07, 6.45) is 0.937. The topological polar surface area (TPSA) is 91.0 Å². The molecule has 1 saturated heterocycles. The van der Waals surface area contributed by atoms with Gasteiger partial charge in [-0.15, -0.1) is 0 Å². The van der Waals surface area contributed by atoms with Crippen LogP contribution in [0.5, 0.6) is 0 Å². The van der Waals surface area contributed by atoms with Crippen molar-refractivity contribution in [2.24, 2.45) is 14.1 Å². The molecule has 2 aromatic carbocycles. The number of piperazine rings is 1. The van der Waals surface area contributed by atoms with Gasteiger partial charge in [0.05, 0.1) is 17.8 Å². The van der Waals surface area contributed by atoms with E-state index in [9.17, 15) is 19.5 Å². The van der Waals surface area contributed by atoms with Crippen molar-refractivity contribution in [2.75, 3.05) is 36.0 Å². The number of aliphatic carboxylic acids is 1. The van der Waals surface area contributed by atoms with Crippen LogP contribution in [0.1, 0.15) is 25.8 Å². The Morgan fingerprint density at radius 3 is 2.33 bits per heavy atom. The molecular formula is C29H35N5O4S. The van der Waals surface area contributed by atoms with Crippen molar-refractivity contribution in [2.45, 2.75) is 48.6 Å². The molecule has 3 aromatic rings. The fourth-order valence-corrected chi connectivity index (χ4v) is 6.90. The normalized spacial score (nSPS) is 19.1. The minimum atomic E-state index is -0.830. The molecule has 9 nitrogen and oxygen atoms in total. The summed E-state index contributed by atoms with van der Waals surface area (Å²) in [6.45, 7) is 7.57. The summed E-state index contributed by atoms with van der Waals surface area (Å²) in [5.74, 6) is -0.166. The minimum Gasteiger partial charge on any atom is -0.481 e. The van der Waals surface area contributed by atoms with Crippen molar-refractivity contribution in [3.05, 3.63) is 74.9 Å². The molecule has 0 saturated carbocycles. The van der Waals surface area contributed by atoms with Crippen molar-refractivity contribution in [3.8, 4) is 0 Å². The number of nitrogens with zero attached hydrogens (tertiary/aromatic N) is 5. The summed E-state index contributed by atoms with van der Waals surface area (Å²) in [5, 5.41) is 9.31. The third-order valence-electron chi connectivity index (χ3n) is 7.77. The lowest BCUT2D eigenvalue weighted by molar-refractivity contribution is -0.136. The van der Waals surface area contributed by atoms with Crippen LogP contribution in [-0.4, -0.2) is 63.4 Å². The monoisotopic (exact) mass is 549 g/mol. The van der Waals surface area contributed by atoms with Crippen LogP contribution in [0.3, 0.4) is 0 Å². The van der Waals surface area contributed by atoms with Gasteiger partial charge in [-0.05, 0) is 50.1 Å². The van der Waals surface area contributed by atoms with Crippen molar-refractivity contribution in [3.63, 3.8) is 0 Å². The van der Waals surface area contributed by atoms with Crippen LogP contribution >= 0.6 is 11.8 Å². The summed E-state index contributed by atoms with van der Waals surface area (Å²) in [6, 6.07) is 16.4. The first-order valence-corrected chi connectivity index (χ1v) is 14.1. The lowest BCUT2D eigenvalue weighted by Crippen LogP contribution is -2.58. The molecule has 5 rings (SSSR count). The summed E-state index contributed by atoms with van der Waals surface area (Å²) in [7, 11) is 3.22. The summed E-state index contributed by atoms with van der Waals surface area (Å²) in [4.78, 5) is 45.4. The molecule has 1 fully saturated rings. The van der Waals surface area contributed by atoms with E-state index < -0.39 is 5.97 Å². The van der Waals surface area contributed by atoms with Gasteiger partial charge in [0.2, 0.25) is 0 Å². The number of carbonyl (C=O) groups is 1. The fourth-order valence-electron chi connectivity index (χ4n) is 5.82. The van der Waals surface area contributed by atoms with E-state index in [4.69, 9.17) is 0 Å². The first-order valence-electron chi connectivity index (χ1n) is 13.3. The number of anilines is 3. The highest BCUT2D eigenvalue weighted by Gasteiger charge is 2.31. The minimum absolute atomic E-state index is 0.00580. The second-order valence-corrected chi connectivity index (χ2v) is 11.6. The Balaban J connectivity index is 1.31. The molecule has 39 heavy (non-hydrogen) atoms. The molecule has 0 aliphatic carbocycles. The van der Waals surface area contributed by atoms with Crippen molar-refractivity contribution in [1.29, 1.82) is 0 Å². The molecule has 0 amide bonds. The van der Waals surface area contributed by atoms with E-state index in [1.807, 2.05) is 24.3 Å². The predicted molar refractivity (Wildman–Crippen MR) is 155 cm³/mol. The smallest absolute Gasteiger partial charge is 0.332 e. The van der Waals surface area contributed by atoms with Crippen LogP contribution in [0.4, 0.5) is 17.2 Å². The molecule has 1 aromatic heterocycles. The number of carboxylic acid groups (broad SMARTS) is 1. The molecule has 2 aliphatic rings. The number of benzene rings is 2. The Kier molecular flexibility index (Phi) is 7.59. The van der Waals surface area contributed by atoms with Crippen molar-refractivity contribution in [1.82, 2.24) is 14.0 Å². The fraction of sp³-hybridized carbons (Fsp3) is 0.414. The third-order valence-corrected chi connectivity index (χ3v) is 8.90. The van der Waals surface area contributed by atoms with E-state index >= 15 is 0 Å². The molecule has 0 radical (unpaired) electrons. The molecule has 0 spiro atoms. The van der Waals surface area contributed by atoms with Crippen molar-refractivity contribution < 1.29 is 9.90 Å². The lowest BCUT2D eigenvalue weighted by atomic mass is 10.1. The van der Waals surface area contributed by atoms with Gasteiger partial charge in [0.1, 0.15) is 5.82 Å². The highest BCUT2D eigenvalue weighted by Crippen LogP contribution is 2.48. The van der Waals surface area contributed by atoms with Gasteiger partial charge in [-0.3, -0.25) is 23.6 Å². The maximum Gasteiger partial charge on any atom is 0.332 e. The lowest BCUT2D eigenvalue weighted by Gasteiger charge is -2.46. The molecule has 1 N–H and O–H groups in total. The number of carboxylic acids is 1. The van der Waals surface area contributed by atoms with Gasteiger partial charge in [-0.1, -0.05) is 30.0 Å². The van der Waals surface area contributed by atoms with Gasteiger partial charge in [-0.25, -0.2) is 4.79 Å². The number of hydrogen-bond acceptors (Lipinski definition) is 7. The van der Waals surface area contributed by atoms with E-state index in [2.05, 4.69) is 46.7 Å². The van der Waals surface area contributed by atoms with Gasteiger partial charge < -0.3 is 14.9 Å². The molecule has 2 atom stereocenters. The molecule has 3 heterocycles. The molecule has 0 unspecified atom stereocenters.